The van der Waals surface area contributed by atoms with Crippen molar-refractivity contribution in [2.75, 3.05) is 23.0 Å². The predicted octanol–water partition coefficient (Wildman–Crippen LogP) is 15.3. The van der Waals surface area contributed by atoms with Gasteiger partial charge in [0.15, 0.2) is 0 Å². The van der Waals surface area contributed by atoms with E-state index in [1.165, 1.54) is 213 Å². The summed E-state index contributed by atoms with van der Waals surface area (Å²) < 4.78 is 0. The Morgan fingerprint density at radius 2 is 0.578 bits per heavy atom. The molecule has 0 aliphatic rings. The van der Waals surface area contributed by atoms with Gasteiger partial charge < -0.3 is 0 Å². The quantitative estimate of drug-likeness (QED) is 0.0499. The number of rotatable bonds is 38. The van der Waals surface area contributed by atoms with E-state index in [9.17, 15) is 0 Å². The maximum Gasteiger partial charge on any atom is 0.117 e. The predicted molar refractivity (Wildman–Crippen MR) is 218 cm³/mol. The normalized spacial score (nSPS) is 11.6. The summed E-state index contributed by atoms with van der Waals surface area (Å²) in [4.78, 5) is 0. The first-order chi connectivity index (χ1) is 22.4. The number of nitrogens with zero attached hydrogens (tertiary/aromatic N) is 2. The van der Waals surface area contributed by atoms with Crippen LogP contribution in [0.1, 0.15) is 204 Å². The molecular weight excluding hydrogens is 645 g/mol. The first kappa shape index (κ1) is 44.0. The molecule has 0 fully saturated rings. The standard InChI is InChI=1S/C38H74N2S5/c1-3-5-7-9-15-21-27-33-41-43-35-29-23-17-11-13-19-25-31-37-39-40-38(45-37)32-26-20-14-12-18-24-30-36-44-42-34-28-22-16-10-8-6-4-2/h3-36H2,1-2H3. The van der Waals surface area contributed by atoms with E-state index in [1.54, 1.807) is 0 Å². The van der Waals surface area contributed by atoms with E-state index in [-0.39, 0.29) is 0 Å². The minimum atomic E-state index is 1.14. The van der Waals surface area contributed by atoms with Gasteiger partial charge in [0.05, 0.1) is 0 Å². The first-order valence-electron chi connectivity index (χ1n) is 19.7. The van der Waals surface area contributed by atoms with E-state index in [1.807, 2.05) is 11.3 Å². The van der Waals surface area contributed by atoms with Crippen LogP contribution in [0.5, 0.6) is 0 Å². The zero-order chi connectivity index (χ0) is 32.1. The molecule has 0 spiro atoms. The number of hydrogen-bond acceptors (Lipinski definition) is 7. The molecule has 0 N–H and O–H groups in total. The third kappa shape index (κ3) is 33.2. The Labute approximate surface area is 302 Å². The molecule has 1 aromatic heterocycles. The molecule has 1 heterocycles. The van der Waals surface area contributed by atoms with Gasteiger partial charge in [-0.25, -0.2) is 0 Å². The average Bonchev–Trinajstić information content (AvgIpc) is 3.51. The summed E-state index contributed by atoms with van der Waals surface area (Å²) >= 11 is 1.88. The molecule has 7 heteroatoms. The monoisotopic (exact) mass is 718 g/mol. The lowest BCUT2D eigenvalue weighted by Crippen LogP contribution is -1.87. The van der Waals surface area contributed by atoms with Crippen molar-refractivity contribution in [3.05, 3.63) is 10.0 Å². The number of hydrogen-bond donors (Lipinski definition) is 0. The van der Waals surface area contributed by atoms with Gasteiger partial charge >= 0.3 is 0 Å². The van der Waals surface area contributed by atoms with Gasteiger partial charge in [-0.2, -0.15) is 0 Å². The summed E-state index contributed by atoms with van der Waals surface area (Å²) in [6.07, 6.45) is 41.6. The number of aryl methyl sites for hydroxylation is 2. The third-order valence-corrected chi connectivity index (χ3v) is 14.8. The lowest BCUT2D eigenvalue weighted by molar-refractivity contribution is 0.588. The molecule has 0 saturated carbocycles. The fourth-order valence-corrected chi connectivity index (χ4v) is 11.1. The summed E-state index contributed by atoms with van der Waals surface area (Å²) in [5.41, 5.74) is 0. The molecule has 1 aromatic rings. The molecule has 0 bridgehead atoms. The van der Waals surface area contributed by atoms with Crippen LogP contribution < -0.4 is 0 Å². The highest BCUT2D eigenvalue weighted by molar-refractivity contribution is 8.77. The second-order valence-electron chi connectivity index (χ2n) is 13.1. The maximum atomic E-state index is 4.49. The van der Waals surface area contributed by atoms with E-state index in [0.29, 0.717) is 0 Å². The Hall–Kier alpha value is 0.960. The molecule has 0 amide bonds. The molecule has 0 unspecified atom stereocenters. The van der Waals surface area contributed by atoms with Crippen molar-refractivity contribution in [2.24, 2.45) is 0 Å². The summed E-state index contributed by atoms with van der Waals surface area (Å²) in [6.45, 7) is 4.60. The van der Waals surface area contributed by atoms with Crippen LogP contribution in [0.25, 0.3) is 0 Å². The molecule has 0 radical (unpaired) electrons. The van der Waals surface area contributed by atoms with Crippen molar-refractivity contribution >= 4 is 54.5 Å². The van der Waals surface area contributed by atoms with E-state index in [2.05, 4.69) is 67.2 Å². The van der Waals surface area contributed by atoms with Gasteiger partial charge in [0.2, 0.25) is 0 Å². The van der Waals surface area contributed by atoms with Gasteiger partial charge in [0.1, 0.15) is 10.0 Å². The Morgan fingerprint density at radius 3 is 0.867 bits per heavy atom. The number of unbranched alkanes of at least 4 members (excludes halogenated alkanes) is 24. The van der Waals surface area contributed by atoms with E-state index >= 15 is 0 Å². The summed E-state index contributed by atoms with van der Waals surface area (Å²) in [5, 5.41) is 11.5. The van der Waals surface area contributed by atoms with Crippen LogP contribution in [0, 0.1) is 0 Å². The van der Waals surface area contributed by atoms with Crippen molar-refractivity contribution in [3.63, 3.8) is 0 Å². The summed E-state index contributed by atoms with van der Waals surface area (Å²) in [7, 11) is 8.46. The highest BCUT2D eigenvalue weighted by Crippen LogP contribution is 2.26. The molecule has 0 aromatic carbocycles. The first-order valence-corrected chi connectivity index (χ1v) is 25.5. The van der Waals surface area contributed by atoms with E-state index in [0.717, 1.165) is 12.8 Å². The Balaban J connectivity index is 1.76. The molecule has 0 aliphatic carbocycles. The molecule has 0 atom stereocenters. The second-order valence-corrected chi connectivity index (χ2v) is 19.6. The van der Waals surface area contributed by atoms with Crippen LogP contribution in [0.4, 0.5) is 0 Å². The maximum absolute atomic E-state index is 4.49. The Kier molecular flexibility index (Phi) is 36.9. The van der Waals surface area contributed by atoms with E-state index in [4.69, 9.17) is 0 Å². The zero-order valence-electron chi connectivity index (χ0n) is 30.0. The Morgan fingerprint density at radius 1 is 0.333 bits per heavy atom. The summed E-state index contributed by atoms with van der Waals surface area (Å²) in [5.74, 6) is 5.40. The molecule has 2 nitrogen and oxygen atoms in total. The molecule has 1 rings (SSSR count). The van der Waals surface area contributed by atoms with Crippen molar-refractivity contribution in [3.8, 4) is 0 Å². The van der Waals surface area contributed by atoms with Gasteiger partial charge in [-0.15, -0.1) is 21.5 Å². The van der Waals surface area contributed by atoms with Crippen LogP contribution >= 0.6 is 54.5 Å². The fraction of sp³-hybridized carbons (Fsp3) is 0.947. The van der Waals surface area contributed by atoms with Crippen LogP contribution in [0.3, 0.4) is 0 Å². The van der Waals surface area contributed by atoms with Crippen LogP contribution in [0.15, 0.2) is 0 Å². The molecule has 0 saturated heterocycles. The van der Waals surface area contributed by atoms with E-state index < -0.39 is 0 Å². The van der Waals surface area contributed by atoms with Crippen LogP contribution in [-0.4, -0.2) is 33.2 Å². The van der Waals surface area contributed by atoms with Crippen molar-refractivity contribution in [2.45, 2.75) is 206 Å². The van der Waals surface area contributed by atoms with Crippen molar-refractivity contribution in [1.29, 1.82) is 0 Å². The number of aromatic nitrogens is 2. The highest BCUT2D eigenvalue weighted by Gasteiger charge is 2.05. The smallest absolute Gasteiger partial charge is 0.117 e. The van der Waals surface area contributed by atoms with Crippen molar-refractivity contribution in [1.82, 2.24) is 10.2 Å². The van der Waals surface area contributed by atoms with Crippen LogP contribution in [0.2, 0.25) is 0 Å². The minimum Gasteiger partial charge on any atom is -0.144 e. The largest absolute Gasteiger partial charge is 0.144 e. The topological polar surface area (TPSA) is 25.8 Å². The van der Waals surface area contributed by atoms with Gasteiger partial charge in [-0.3, -0.25) is 0 Å². The van der Waals surface area contributed by atoms with Gasteiger partial charge in [0, 0.05) is 35.9 Å². The minimum absolute atomic E-state index is 1.14. The summed E-state index contributed by atoms with van der Waals surface area (Å²) in [6, 6.07) is 0. The molecule has 266 valence electrons. The lowest BCUT2D eigenvalue weighted by Gasteiger charge is -2.03. The Bertz CT molecular complexity index is 632. The average molecular weight is 719 g/mol. The molecule has 45 heavy (non-hydrogen) atoms. The van der Waals surface area contributed by atoms with Gasteiger partial charge in [0.25, 0.3) is 0 Å². The van der Waals surface area contributed by atoms with Gasteiger partial charge in [-0.05, 0) is 38.5 Å². The molecular formula is C38H74N2S5. The lowest BCUT2D eigenvalue weighted by atomic mass is 10.1. The van der Waals surface area contributed by atoms with Gasteiger partial charge in [-0.1, -0.05) is 198 Å². The highest BCUT2D eigenvalue weighted by atomic mass is 33.1. The third-order valence-electron chi connectivity index (χ3n) is 8.57. The van der Waals surface area contributed by atoms with Crippen LogP contribution in [-0.2, 0) is 12.8 Å². The van der Waals surface area contributed by atoms with Crippen molar-refractivity contribution < 1.29 is 0 Å². The zero-order valence-corrected chi connectivity index (χ0v) is 34.1. The SMILES string of the molecule is CCCCCCCCCSSCCCCCCCCCc1nnc(CCCCCCCCCSSCCCCCCCCC)s1. The molecule has 0 aliphatic heterocycles. The second kappa shape index (κ2) is 37.8. The fourth-order valence-electron chi connectivity index (χ4n) is 5.60.